The van der Waals surface area contributed by atoms with Crippen LogP contribution in [0.1, 0.15) is 15.9 Å². The Kier molecular flexibility index (Phi) is 5.56. The van der Waals surface area contributed by atoms with E-state index >= 15 is 0 Å². The van der Waals surface area contributed by atoms with Crippen LogP contribution in [0, 0.1) is 10.1 Å². The Morgan fingerprint density at radius 1 is 1.29 bits per heavy atom. The quantitative estimate of drug-likeness (QED) is 0.488. The molecule has 0 bridgehead atoms. The summed E-state index contributed by atoms with van der Waals surface area (Å²) < 4.78 is 4.71. The van der Waals surface area contributed by atoms with Crippen molar-refractivity contribution in [2.24, 2.45) is 0 Å². The van der Waals surface area contributed by atoms with Gasteiger partial charge in [-0.1, -0.05) is 12.1 Å². The fourth-order valence-electron chi connectivity index (χ4n) is 2.06. The van der Waals surface area contributed by atoms with Gasteiger partial charge in [-0.25, -0.2) is 4.79 Å². The number of hydrogen-bond donors (Lipinski definition) is 1. The van der Waals surface area contributed by atoms with Crippen LogP contribution in [0.5, 0.6) is 0 Å². The zero-order chi connectivity index (χ0) is 17.5. The van der Waals surface area contributed by atoms with E-state index in [2.05, 4.69) is 10.3 Å². The highest BCUT2D eigenvalue weighted by Gasteiger charge is 2.23. The molecule has 0 radical (unpaired) electrons. The summed E-state index contributed by atoms with van der Waals surface area (Å²) in [5, 5.41) is 13.2. The molecule has 1 amide bonds. The average Bonchev–Trinajstić information content (AvgIpc) is 2.61. The lowest BCUT2D eigenvalue weighted by Crippen LogP contribution is -2.43. The van der Waals surface area contributed by atoms with Gasteiger partial charge in [0.2, 0.25) is 0 Å². The number of methoxy groups -OCH3 is 1. The molecule has 8 heteroatoms. The van der Waals surface area contributed by atoms with Crippen molar-refractivity contribution in [2.45, 2.75) is 12.5 Å². The molecule has 1 aromatic heterocycles. The molecule has 1 N–H and O–H groups in total. The summed E-state index contributed by atoms with van der Waals surface area (Å²) in [7, 11) is 1.22. The van der Waals surface area contributed by atoms with E-state index in [1.165, 1.54) is 43.8 Å². The standard InChI is InChI=1S/C16H15N3O5/c1-24-16(21)14(18-15(20)12-3-2-8-17-10-12)9-11-4-6-13(7-5-11)19(22)23/h2-8,10,14H,9H2,1H3,(H,18,20)/t14-/m1/s1. The first kappa shape index (κ1) is 17.1. The van der Waals surface area contributed by atoms with E-state index in [1.54, 1.807) is 12.1 Å². The Morgan fingerprint density at radius 2 is 2.00 bits per heavy atom. The summed E-state index contributed by atoms with van der Waals surface area (Å²) in [5.41, 5.74) is 0.922. The van der Waals surface area contributed by atoms with Crippen molar-refractivity contribution in [1.29, 1.82) is 0 Å². The van der Waals surface area contributed by atoms with Crippen LogP contribution in [0.25, 0.3) is 0 Å². The Labute approximate surface area is 137 Å². The Balaban J connectivity index is 2.12. The van der Waals surface area contributed by atoms with Gasteiger partial charge in [0.15, 0.2) is 0 Å². The number of nitro groups is 1. The summed E-state index contributed by atoms with van der Waals surface area (Å²) in [4.78, 5) is 38.1. The molecule has 2 rings (SSSR count). The third-order valence-corrected chi connectivity index (χ3v) is 3.30. The Hall–Kier alpha value is -3.29. The monoisotopic (exact) mass is 329 g/mol. The number of aromatic nitrogens is 1. The fourth-order valence-corrected chi connectivity index (χ4v) is 2.06. The zero-order valence-electron chi connectivity index (χ0n) is 12.8. The molecule has 0 aliphatic rings. The van der Waals surface area contributed by atoms with Gasteiger partial charge in [-0.3, -0.25) is 19.9 Å². The number of non-ortho nitro benzene ring substituents is 1. The molecule has 0 unspecified atom stereocenters. The Bertz CT molecular complexity index is 731. The second kappa shape index (κ2) is 7.82. The summed E-state index contributed by atoms with van der Waals surface area (Å²) in [6.45, 7) is 0. The van der Waals surface area contributed by atoms with E-state index in [-0.39, 0.29) is 12.1 Å². The first-order valence-corrected chi connectivity index (χ1v) is 7.03. The third-order valence-electron chi connectivity index (χ3n) is 3.30. The molecule has 0 fully saturated rings. The van der Waals surface area contributed by atoms with Gasteiger partial charge in [0.05, 0.1) is 17.6 Å². The molecule has 2 aromatic rings. The number of nitro benzene ring substituents is 1. The van der Waals surface area contributed by atoms with Crippen molar-refractivity contribution in [2.75, 3.05) is 7.11 Å². The summed E-state index contributed by atoms with van der Waals surface area (Å²) in [6.07, 6.45) is 3.07. The maximum atomic E-state index is 12.2. The minimum Gasteiger partial charge on any atom is -0.467 e. The van der Waals surface area contributed by atoms with Crippen molar-refractivity contribution >= 4 is 17.6 Å². The number of benzene rings is 1. The normalized spacial score (nSPS) is 11.4. The van der Waals surface area contributed by atoms with E-state index in [9.17, 15) is 19.7 Å². The van der Waals surface area contributed by atoms with Gasteiger partial charge in [-0.05, 0) is 17.7 Å². The number of hydrogen-bond acceptors (Lipinski definition) is 6. The number of carbonyl (C=O) groups is 2. The van der Waals surface area contributed by atoms with Crippen molar-refractivity contribution in [3.63, 3.8) is 0 Å². The number of pyridine rings is 1. The largest absolute Gasteiger partial charge is 0.467 e. The highest BCUT2D eigenvalue weighted by Crippen LogP contribution is 2.14. The lowest BCUT2D eigenvalue weighted by atomic mass is 10.1. The topological polar surface area (TPSA) is 111 Å². The predicted molar refractivity (Wildman–Crippen MR) is 84.3 cm³/mol. The van der Waals surface area contributed by atoms with Gasteiger partial charge >= 0.3 is 5.97 Å². The molecular formula is C16H15N3O5. The second-order valence-electron chi connectivity index (χ2n) is 4.92. The minimum atomic E-state index is -0.913. The predicted octanol–water partition coefficient (Wildman–Crippen LogP) is 1.50. The van der Waals surface area contributed by atoms with Gasteiger partial charge in [-0.2, -0.15) is 0 Å². The second-order valence-corrected chi connectivity index (χ2v) is 4.92. The van der Waals surface area contributed by atoms with Gasteiger partial charge in [0.1, 0.15) is 6.04 Å². The molecular weight excluding hydrogens is 314 g/mol. The molecule has 124 valence electrons. The van der Waals surface area contributed by atoms with Crippen LogP contribution >= 0.6 is 0 Å². The van der Waals surface area contributed by atoms with Crippen molar-refractivity contribution < 1.29 is 19.2 Å². The van der Waals surface area contributed by atoms with Crippen LogP contribution < -0.4 is 5.32 Å². The molecule has 0 spiro atoms. The van der Waals surface area contributed by atoms with E-state index in [1.807, 2.05) is 0 Å². The SMILES string of the molecule is COC(=O)[C@@H](Cc1ccc([N+](=O)[O-])cc1)NC(=O)c1cccnc1. The maximum absolute atomic E-state index is 12.2. The van der Waals surface area contributed by atoms with Crippen LogP contribution in [0.15, 0.2) is 48.8 Å². The van der Waals surface area contributed by atoms with Gasteiger partial charge in [-0.15, -0.1) is 0 Å². The van der Waals surface area contributed by atoms with Crippen LogP contribution in [-0.2, 0) is 16.0 Å². The fraction of sp³-hybridized carbons (Fsp3) is 0.188. The number of ether oxygens (including phenoxy) is 1. The molecule has 0 saturated carbocycles. The number of amides is 1. The lowest BCUT2D eigenvalue weighted by molar-refractivity contribution is -0.384. The van der Waals surface area contributed by atoms with E-state index in [0.29, 0.717) is 11.1 Å². The third kappa shape index (κ3) is 4.35. The van der Waals surface area contributed by atoms with Crippen molar-refractivity contribution in [1.82, 2.24) is 10.3 Å². The molecule has 8 nitrogen and oxygen atoms in total. The van der Waals surface area contributed by atoms with Crippen LogP contribution in [0.3, 0.4) is 0 Å². The summed E-state index contributed by atoms with van der Waals surface area (Å²) in [5.74, 6) is -1.06. The summed E-state index contributed by atoms with van der Waals surface area (Å²) >= 11 is 0. The first-order chi connectivity index (χ1) is 11.5. The van der Waals surface area contributed by atoms with Crippen LogP contribution in [0.4, 0.5) is 5.69 Å². The van der Waals surface area contributed by atoms with Gasteiger partial charge < -0.3 is 10.1 Å². The van der Waals surface area contributed by atoms with Crippen LogP contribution in [-0.4, -0.2) is 34.9 Å². The van der Waals surface area contributed by atoms with E-state index < -0.39 is 22.8 Å². The molecule has 24 heavy (non-hydrogen) atoms. The van der Waals surface area contributed by atoms with Gasteiger partial charge in [0.25, 0.3) is 11.6 Å². The van der Waals surface area contributed by atoms with Crippen molar-refractivity contribution in [3.8, 4) is 0 Å². The van der Waals surface area contributed by atoms with E-state index in [0.717, 1.165) is 0 Å². The average molecular weight is 329 g/mol. The summed E-state index contributed by atoms with van der Waals surface area (Å²) in [6, 6.07) is 8.01. The number of nitrogens with one attached hydrogen (secondary N) is 1. The number of nitrogens with zero attached hydrogens (tertiary/aromatic N) is 2. The molecule has 0 saturated heterocycles. The molecule has 0 aliphatic carbocycles. The molecule has 0 aliphatic heterocycles. The molecule has 1 aromatic carbocycles. The van der Waals surface area contributed by atoms with Gasteiger partial charge in [0, 0.05) is 30.9 Å². The molecule has 1 heterocycles. The highest BCUT2D eigenvalue weighted by molar-refractivity contribution is 5.96. The maximum Gasteiger partial charge on any atom is 0.328 e. The Morgan fingerprint density at radius 3 is 2.54 bits per heavy atom. The van der Waals surface area contributed by atoms with Crippen LogP contribution in [0.2, 0.25) is 0 Å². The number of carbonyl (C=O) groups excluding carboxylic acids is 2. The lowest BCUT2D eigenvalue weighted by Gasteiger charge is -2.16. The zero-order valence-corrected chi connectivity index (χ0v) is 12.8. The number of rotatable bonds is 6. The van der Waals surface area contributed by atoms with Crippen molar-refractivity contribution in [3.05, 3.63) is 70.0 Å². The minimum absolute atomic E-state index is 0.0484. The number of esters is 1. The smallest absolute Gasteiger partial charge is 0.328 e. The molecule has 1 atom stereocenters. The first-order valence-electron chi connectivity index (χ1n) is 7.03. The van der Waals surface area contributed by atoms with E-state index in [4.69, 9.17) is 4.74 Å². The highest BCUT2D eigenvalue weighted by atomic mass is 16.6.